The Bertz CT molecular complexity index is 1630. The summed E-state index contributed by atoms with van der Waals surface area (Å²) in [5, 5.41) is 15.6. The van der Waals surface area contributed by atoms with Crippen LogP contribution in [0, 0.1) is 41.5 Å². The summed E-state index contributed by atoms with van der Waals surface area (Å²) in [5.74, 6) is -0.482. The van der Waals surface area contributed by atoms with E-state index in [0.717, 1.165) is 37.1 Å². The summed E-state index contributed by atoms with van der Waals surface area (Å²) < 4.78 is 3.76. The van der Waals surface area contributed by atoms with Crippen LogP contribution in [0.2, 0.25) is 0 Å². The molecule has 35 heavy (non-hydrogen) atoms. The van der Waals surface area contributed by atoms with Crippen LogP contribution in [-0.4, -0.2) is 30.7 Å². The minimum atomic E-state index is -0.732. The molecule has 2 aromatic carbocycles. The molecule has 2 heterocycles. The van der Waals surface area contributed by atoms with E-state index in [0.29, 0.717) is 17.1 Å². The Hall–Kier alpha value is -3.72. The van der Waals surface area contributed by atoms with Gasteiger partial charge in [0.25, 0.3) is 5.56 Å². The van der Waals surface area contributed by atoms with E-state index in [9.17, 15) is 14.7 Å². The van der Waals surface area contributed by atoms with Crippen LogP contribution in [-0.2, 0) is 0 Å². The average Bonchev–Trinajstić information content (AvgIpc) is 3.08. The number of aliphatic imine (C=N–C) groups is 1. The first-order valence-electron chi connectivity index (χ1n) is 11.0. The molecule has 0 saturated carbocycles. The van der Waals surface area contributed by atoms with Gasteiger partial charge < -0.3 is 5.11 Å². The largest absolute Gasteiger partial charge is 0.493 e. The summed E-state index contributed by atoms with van der Waals surface area (Å²) in [6, 6.07) is 9.57. The van der Waals surface area contributed by atoms with Crippen LogP contribution in [0.4, 0.5) is 5.69 Å². The van der Waals surface area contributed by atoms with Gasteiger partial charge in [-0.25, -0.2) is 14.0 Å². The Balaban J connectivity index is 1.82. The number of aromatic hydroxyl groups is 1. The fourth-order valence-electron chi connectivity index (χ4n) is 3.95. The zero-order chi connectivity index (χ0) is 25.6. The molecular formula is C26H26BrN5O3. The number of nitrogens with one attached hydrogen (secondary N) is 1. The summed E-state index contributed by atoms with van der Waals surface area (Å²) in [7, 11) is 0. The van der Waals surface area contributed by atoms with E-state index < -0.39 is 17.1 Å². The third-order valence-corrected chi connectivity index (χ3v) is 7.22. The second-order valence-corrected chi connectivity index (χ2v) is 9.46. The van der Waals surface area contributed by atoms with Gasteiger partial charge in [-0.2, -0.15) is 5.10 Å². The molecule has 0 unspecified atom stereocenters. The summed E-state index contributed by atoms with van der Waals surface area (Å²) in [6.07, 6.45) is 1.27. The van der Waals surface area contributed by atoms with E-state index in [1.165, 1.54) is 11.8 Å². The zero-order valence-corrected chi connectivity index (χ0v) is 22.0. The van der Waals surface area contributed by atoms with Gasteiger partial charge in [-0.3, -0.25) is 14.8 Å². The predicted molar refractivity (Wildman–Crippen MR) is 141 cm³/mol. The van der Waals surface area contributed by atoms with Gasteiger partial charge in [0.15, 0.2) is 0 Å². The minimum Gasteiger partial charge on any atom is -0.493 e. The van der Waals surface area contributed by atoms with Gasteiger partial charge in [0.05, 0.1) is 22.8 Å². The van der Waals surface area contributed by atoms with Gasteiger partial charge in [-0.15, -0.1) is 0 Å². The molecule has 0 saturated heterocycles. The van der Waals surface area contributed by atoms with E-state index in [1.54, 1.807) is 16.8 Å². The Morgan fingerprint density at radius 2 is 1.71 bits per heavy atom. The highest BCUT2D eigenvalue weighted by Crippen LogP contribution is 2.28. The van der Waals surface area contributed by atoms with E-state index in [1.807, 2.05) is 46.8 Å². The molecule has 9 heteroatoms. The van der Waals surface area contributed by atoms with Crippen molar-refractivity contribution in [3.63, 3.8) is 0 Å². The number of hydrogen-bond acceptors (Lipinski definition) is 5. The fourth-order valence-corrected chi connectivity index (χ4v) is 4.38. The third-order valence-electron chi connectivity index (χ3n) is 6.37. The zero-order valence-electron chi connectivity index (χ0n) is 20.4. The van der Waals surface area contributed by atoms with E-state index in [-0.39, 0.29) is 5.56 Å². The lowest BCUT2D eigenvalue weighted by atomic mass is 10.1. The van der Waals surface area contributed by atoms with Crippen molar-refractivity contribution in [1.29, 1.82) is 0 Å². The predicted octanol–water partition coefficient (Wildman–Crippen LogP) is 4.78. The van der Waals surface area contributed by atoms with Crippen molar-refractivity contribution >= 4 is 27.8 Å². The molecule has 8 nitrogen and oxygen atoms in total. The maximum Gasteiger partial charge on any atom is 0.335 e. The lowest BCUT2D eigenvalue weighted by Crippen LogP contribution is -2.31. The van der Waals surface area contributed by atoms with Crippen LogP contribution in [0.15, 0.2) is 49.4 Å². The first-order chi connectivity index (χ1) is 16.5. The first-order valence-corrected chi connectivity index (χ1v) is 11.8. The van der Waals surface area contributed by atoms with Gasteiger partial charge in [-0.05, 0) is 88.1 Å². The quantitative estimate of drug-likeness (QED) is 0.366. The Morgan fingerprint density at radius 1 is 1.00 bits per heavy atom. The lowest BCUT2D eigenvalue weighted by molar-refractivity contribution is 0.430. The monoisotopic (exact) mass is 535 g/mol. The summed E-state index contributed by atoms with van der Waals surface area (Å²) in [6.45, 7) is 11.6. The van der Waals surface area contributed by atoms with E-state index in [2.05, 4.69) is 44.0 Å². The van der Waals surface area contributed by atoms with Crippen LogP contribution in [0.25, 0.3) is 11.4 Å². The van der Waals surface area contributed by atoms with Gasteiger partial charge in [0, 0.05) is 10.7 Å². The van der Waals surface area contributed by atoms with Crippen molar-refractivity contribution in [2.75, 3.05) is 0 Å². The number of aryl methyl sites for hydroxylation is 3. The van der Waals surface area contributed by atoms with Gasteiger partial charge >= 0.3 is 5.69 Å². The summed E-state index contributed by atoms with van der Waals surface area (Å²) in [4.78, 5) is 32.0. The summed E-state index contributed by atoms with van der Waals surface area (Å²) >= 11 is 3.47. The van der Waals surface area contributed by atoms with Crippen LogP contribution in [0.1, 0.15) is 39.2 Å². The highest BCUT2D eigenvalue weighted by molar-refractivity contribution is 9.10. The molecule has 0 amide bonds. The molecule has 0 bridgehead atoms. The third kappa shape index (κ3) is 4.27. The van der Waals surface area contributed by atoms with Crippen LogP contribution >= 0.6 is 15.9 Å². The normalized spacial score (nSPS) is 11.5. The van der Waals surface area contributed by atoms with Gasteiger partial charge in [-0.1, -0.05) is 22.0 Å². The maximum atomic E-state index is 12.6. The molecule has 4 aromatic rings. The van der Waals surface area contributed by atoms with Crippen molar-refractivity contribution in [2.24, 2.45) is 4.99 Å². The van der Waals surface area contributed by atoms with E-state index >= 15 is 0 Å². The number of aromatic nitrogens is 4. The number of nitrogens with zero attached hydrogens (tertiary/aromatic N) is 4. The number of benzene rings is 2. The topological polar surface area (TPSA) is 105 Å². The lowest BCUT2D eigenvalue weighted by Gasteiger charge is -2.14. The number of rotatable bonds is 4. The Labute approximate surface area is 210 Å². The standard InChI is InChI=1S/C26H26BrN5O3/c1-13-7-8-19(11-14(13)2)32-18(6)23(17(5)30-32)28-12-20-24(33)29-26(35)31(25(20)34)22-10-9-21(27)15(3)16(22)4/h7-12,34H,1-6H3,(H,29,33,35). The van der Waals surface area contributed by atoms with Crippen molar-refractivity contribution in [1.82, 2.24) is 19.3 Å². The smallest absolute Gasteiger partial charge is 0.335 e. The Morgan fingerprint density at radius 3 is 2.40 bits per heavy atom. The fraction of sp³-hybridized carbons (Fsp3) is 0.231. The molecule has 0 atom stereocenters. The van der Waals surface area contributed by atoms with E-state index in [4.69, 9.17) is 0 Å². The molecule has 2 N–H and O–H groups in total. The molecule has 0 aliphatic heterocycles. The highest BCUT2D eigenvalue weighted by Gasteiger charge is 2.18. The van der Waals surface area contributed by atoms with Crippen molar-refractivity contribution in [2.45, 2.75) is 41.5 Å². The van der Waals surface area contributed by atoms with Gasteiger partial charge in [0.2, 0.25) is 5.88 Å². The second-order valence-electron chi connectivity index (χ2n) is 8.61. The highest BCUT2D eigenvalue weighted by atomic mass is 79.9. The van der Waals surface area contributed by atoms with Crippen LogP contribution in [0.5, 0.6) is 5.88 Å². The number of hydrogen-bond donors (Lipinski definition) is 2. The van der Waals surface area contributed by atoms with Crippen molar-refractivity contribution < 1.29 is 5.11 Å². The molecule has 0 fully saturated rings. The summed E-state index contributed by atoms with van der Waals surface area (Å²) in [5.41, 5.74) is 5.86. The van der Waals surface area contributed by atoms with Crippen molar-refractivity contribution in [3.05, 3.63) is 94.8 Å². The second kappa shape index (κ2) is 9.14. The Kier molecular flexibility index (Phi) is 6.38. The number of halogens is 1. The molecule has 180 valence electrons. The number of H-pyrrole nitrogens is 1. The molecule has 0 aliphatic rings. The van der Waals surface area contributed by atoms with Crippen LogP contribution < -0.4 is 11.2 Å². The average molecular weight is 536 g/mol. The van der Waals surface area contributed by atoms with Crippen molar-refractivity contribution in [3.8, 4) is 17.3 Å². The first kappa shape index (κ1) is 24.4. The molecular weight excluding hydrogens is 510 g/mol. The molecule has 4 rings (SSSR count). The van der Waals surface area contributed by atoms with Gasteiger partial charge in [0.1, 0.15) is 11.3 Å². The molecule has 0 radical (unpaired) electrons. The molecule has 0 aliphatic carbocycles. The molecule has 0 spiro atoms. The molecule has 2 aromatic heterocycles. The maximum absolute atomic E-state index is 12.6. The SMILES string of the molecule is Cc1ccc(-n2nc(C)c(N=Cc3c(O)n(-c4ccc(Br)c(C)c4C)c(=O)[nH]c3=O)c2C)cc1C. The van der Waals surface area contributed by atoms with Crippen LogP contribution in [0.3, 0.4) is 0 Å². The minimum absolute atomic E-state index is 0.123. The number of aromatic amines is 1.